The molecule has 6 heteroatoms. The highest BCUT2D eigenvalue weighted by atomic mass is 79.9. The maximum Gasteiger partial charge on any atom is 0.271 e. The third-order valence-electron chi connectivity index (χ3n) is 3.67. The Labute approximate surface area is 167 Å². The van der Waals surface area contributed by atoms with Crippen molar-refractivity contribution in [3.05, 3.63) is 86.8 Å². The van der Waals surface area contributed by atoms with Crippen LogP contribution >= 0.6 is 31.9 Å². The van der Waals surface area contributed by atoms with E-state index in [1.807, 2.05) is 42.5 Å². The summed E-state index contributed by atoms with van der Waals surface area (Å²) in [7, 11) is 0. The smallest absolute Gasteiger partial charge is 0.271 e. The molecule has 3 aromatic rings. The Morgan fingerprint density at radius 1 is 0.923 bits per heavy atom. The van der Waals surface area contributed by atoms with E-state index < -0.39 is 0 Å². The van der Waals surface area contributed by atoms with Gasteiger partial charge in [-0.15, -0.1) is 0 Å². The number of carbonyl (C=O) groups excluding carboxylic acids is 1. The monoisotopic (exact) mass is 472 g/mol. The molecule has 0 aliphatic carbocycles. The summed E-state index contributed by atoms with van der Waals surface area (Å²) in [5.41, 5.74) is 5.89. The average molecular weight is 474 g/mol. The normalized spacial score (nSPS) is 10.8. The number of aromatic hydroxyl groups is 1. The van der Waals surface area contributed by atoms with Gasteiger partial charge in [0.05, 0.1) is 15.2 Å². The van der Waals surface area contributed by atoms with Crippen LogP contribution < -0.4 is 5.43 Å². The number of benzene rings is 3. The molecular formula is C20H14Br2N2O2. The molecule has 4 nitrogen and oxygen atoms in total. The van der Waals surface area contributed by atoms with Gasteiger partial charge in [-0.25, -0.2) is 5.43 Å². The van der Waals surface area contributed by atoms with Crippen molar-refractivity contribution in [3.8, 4) is 16.9 Å². The van der Waals surface area contributed by atoms with Crippen LogP contribution in [0.25, 0.3) is 11.1 Å². The molecule has 0 saturated carbocycles. The molecule has 0 saturated heterocycles. The molecule has 0 aliphatic rings. The number of hydrazone groups is 1. The summed E-state index contributed by atoms with van der Waals surface area (Å²) in [6, 6.07) is 20.7. The molecule has 0 fully saturated rings. The predicted molar refractivity (Wildman–Crippen MR) is 110 cm³/mol. The molecule has 130 valence electrons. The molecule has 26 heavy (non-hydrogen) atoms. The molecular weight excluding hydrogens is 460 g/mol. The Kier molecular flexibility index (Phi) is 5.85. The van der Waals surface area contributed by atoms with Crippen molar-refractivity contribution >= 4 is 44.0 Å². The maximum absolute atomic E-state index is 12.2. The molecule has 0 heterocycles. The molecule has 0 bridgehead atoms. The van der Waals surface area contributed by atoms with Gasteiger partial charge in [-0.05, 0) is 72.8 Å². The molecule has 2 N–H and O–H groups in total. The van der Waals surface area contributed by atoms with Crippen molar-refractivity contribution in [2.45, 2.75) is 0 Å². The topological polar surface area (TPSA) is 61.7 Å². The van der Waals surface area contributed by atoms with Crippen LogP contribution in [-0.2, 0) is 0 Å². The Morgan fingerprint density at radius 2 is 1.50 bits per heavy atom. The SMILES string of the molecule is O=C(N/N=C/c1cc(Br)c(O)c(Br)c1)c1ccc(-c2ccccc2)cc1. The van der Waals surface area contributed by atoms with Crippen LogP contribution in [0.3, 0.4) is 0 Å². The fourth-order valence-electron chi connectivity index (χ4n) is 2.33. The van der Waals surface area contributed by atoms with Crippen LogP contribution in [0.4, 0.5) is 0 Å². The molecule has 0 spiro atoms. The van der Waals surface area contributed by atoms with E-state index in [9.17, 15) is 9.90 Å². The van der Waals surface area contributed by atoms with E-state index in [1.54, 1.807) is 24.3 Å². The Hall–Kier alpha value is -2.44. The molecule has 0 atom stereocenters. The number of hydrogen-bond acceptors (Lipinski definition) is 3. The van der Waals surface area contributed by atoms with Crippen molar-refractivity contribution in [3.63, 3.8) is 0 Å². The number of rotatable bonds is 4. The summed E-state index contributed by atoms with van der Waals surface area (Å²) < 4.78 is 1.08. The Balaban J connectivity index is 1.67. The molecule has 0 aliphatic heterocycles. The zero-order valence-electron chi connectivity index (χ0n) is 13.5. The first kappa shape index (κ1) is 18.4. The minimum atomic E-state index is -0.294. The highest BCUT2D eigenvalue weighted by Crippen LogP contribution is 2.32. The second-order valence-corrected chi connectivity index (χ2v) is 7.18. The number of phenols is 1. The molecule has 0 unspecified atom stereocenters. The van der Waals surface area contributed by atoms with Crippen LogP contribution in [0.15, 0.2) is 80.8 Å². The largest absolute Gasteiger partial charge is 0.506 e. The van der Waals surface area contributed by atoms with Gasteiger partial charge >= 0.3 is 0 Å². The van der Waals surface area contributed by atoms with Gasteiger partial charge < -0.3 is 5.11 Å². The van der Waals surface area contributed by atoms with Crippen molar-refractivity contribution in [1.29, 1.82) is 0 Å². The van der Waals surface area contributed by atoms with E-state index in [4.69, 9.17) is 0 Å². The van der Waals surface area contributed by atoms with Crippen LogP contribution in [0.5, 0.6) is 5.75 Å². The first-order valence-corrected chi connectivity index (χ1v) is 9.30. The van der Waals surface area contributed by atoms with Gasteiger partial charge in [0.15, 0.2) is 0 Å². The fourth-order valence-corrected chi connectivity index (χ4v) is 3.56. The molecule has 3 aromatic carbocycles. The predicted octanol–water partition coefficient (Wildman–Crippen LogP) is 5.35. The van der Waals surface area contributed by atoms with E-state index in [2.05, 4.69) is 42.4 Å². The fraction of sp³-hybridized carbons (Fsp3) is 0. The highest BCUT2D eigenvalue weighted by Gasteiger charge is 2.06. The van der Waals surface area contributed by atoms with Crippen LogP contribution in [0, 0.1) is 0 Å². The van der Waals surface area contributed by atoms with Gasteiger partial charge in [-0.2, -0.15) is 5.10 Å². The number of amides is 1. The lowest BCUT2D eigenvalue weighted by atomic mass is 10.0. The van der Waals surface area contributed by atoms with Crippen molar-refractivity contribution in [2.75, 3.05) is 0 Å². The standard InChI is InChI=1S/C20H14Br2N2O2/c21-17-10-13(11-18(22)19(17)25)12-23-24-20(26)16-8-6-15(7-9-16)14-4-2-1-3-5-14/h1-12,25H,(H,24,26)/b23-12+. The summed E-state index contributed by atoms with van der Waals surface area (Å²) in [5.74, 6) is -0.178. The summed E-state index contributed by atoms with van der Waals surface area (Å²) >= 11 is 6.50. The minimum absolute atomic E-state index is 0.115. The van der Waals surface area contributed by atoms with Gasteiger partial charge in [0.25, 0.3) is 5.91 Å². The van der Waals surface area contributed by atoms with Crippen molar-refractivity contribution in [1.82, 2.24) is 5.43 Å². The first-order chi connectivity index (χ1) is 12.5. The van der Waals surface area contributed by atoms with Crippen LogP contribution in [0.1, 0.15) is 15.9 Å². The summed E-state index contributed by atoms with van der Waals surface area (Å²) in [5, 5.41) is 13.7. The zero-order valence-corrected chi connectivity index (χ0v) is 16.7. The quantitative estimate of drug-likeness (QED) is 0.396. The van der Waals surface area contributed by atoms with E-state index >= 15 is 0 Å². The van der Waals surface area contributed by atoms with Gasteiger partial charge in [-0.3, -0.25) is 4.79 Å². The zero-order chi connectivity index (χ0) is 18.5. The second-order valence-electron chi connectivity index (χ2n) is 5.48. The van der Waals surface area contributed by atoms with Crippen LogP contribution in [0.2, 0.25) is 0 Å². The van der Waals surface area contributed by atoms with Gasteiger partial charge in [-0.1, -0.05) is 42.5 Å². The summed E-state index contributed by atoms with van der Waals surface area (Å²) in [6.07, 6.45) is 1.51. The lowest BCUT2D eigenvalue weighted by Gasteiger charge is -2.04. The van der Waals surface area contributed by atoms with E-state index in [0.717, 1.165) is 16.7 Å². The van der Waals surface area contributed by atoms with E-state index in [-0.39, 0.29) is 11.7 Å². The third kappa shape index (κ3) is 4.39. The third-order valence-corrected chi connectivity index (χ3v) is 4.88. The molecule has 0 radical (unpaired) electrons. The average Bonchev–Trinajstić information content (AvgIpc) is 2.67. The summed E-state index contributed by atoms with van der Waals surface area (Å²) in [6.45, 7) is 0. The number of carbonyl (C=O) groups is 1. The van der Waals surface area contributed by atoms with Crippen molar-refractivity contribution in [2.24, 2.45) is 5.10 Å². The lowest BCUT2D eigenvalue weighted by Crippen LogP contribution is -2.17. The maximum atomic E-state index is 12.2. The first-order valence-electron chi connectivity index (χ1n) is 7.71. The Morgan fingerprint density at radius 3 is 2.12 bits per heavy atom. The summed E-state index contributed by atoms with van der Waals surface area (Å²) in [4.78, 5) is 12.2. The number of hydrogen-bond donors (Lipinski definition) is 2. The number of nitrogens with zero attached hydrogens (tertiary/aromatic N) is 1. The Bertz CT molecular complexity index is 932. The molecule has 3 rings (SSSR count). The van der Waals surface area contributed by atoms with E-state index in [0.29, 0.717) is 14.5 Å². The number of phenolic OH excluding ortho intramolecular Hbond substituents is 1. The minimum Gasteiger partial charge on any atom is -0.506 e. The van der Waals surface area contributed by atoms with Gasteiger partial charge in [0.2, 0.25) is 0 Å². The molecule has 0 aromatic heterocycles. The number of nitrogens with one attached hydrogen (secondary N) is 1. The lowest BCUT2D eigenvalue weighted by molar-refractivity contribution is 0.0955. The second kappa shape index (κ2) is 8.29. The highest BCUT2D eigenvalue weighted by molar-refractivity contribution is 9.11. The van der Waals surface area contributed by atoms with Gasteiger partial charge in [0.1, 0.15) is 5.75 Å². The number of halogens is 2. The van der Waals surface area contributed by atoms with Crippen LogP contribution in [-0.4, -0.2) is 17.2 Å². The van der Waals surface area contributed by atoms with Gasteiger partial charge in [0, 0.05) is 5.56 Å². The van der Waals surface area contributed by atoms with E-state index in [1.165, 1.54) is 6.21 Å². The molecule has 1 amide bonds. The van der Waals surface area contributed by atoms with Crippen molar-refractivity contribution < 1.29 is 9.90 Å².